The first-order chi connectivity index (χ1) is 13.0. The highest BCUT2D eigenvalue weighted by Crippen LogP contribution is 2.33. The van der Waals surface area contributed by atoms with Gasteiger partial charge in [0.05, 0.1) is 28.4 Å². The Hall–Kier alpha value is -2.31. The molecule has 0 spiro atoms. The number of rotatable bonds is 4. The fourth-order valence-electron chi connectivity index (χ4n) is 3.50. The van der Waals surface area contributed by atoms with E-state index in [-0.39, 0.29) is 17.6 Å². The Bertz CT molecular complexity index is 995. The van der Waals surface area contributed by atoms with Crippen LogP contribution >= 0.6 is 11.3 Å². The van der Waals surface area contributed by atoms with Crippen LogP contribution in [-0.4, -0.2) is 30.1 Å². The van der Waals surface area contributed by atoms with E-state index in [0.717, 1.165) is 34.2 Å². The number of amides is 1. The maximum Gasteiger partial charge on any atom is 0.263 e. The number of benzene rings is 2. The van der Waals surface area contributed by atoms with Gasteiger partial charge in [0.2, 0.25) is 0 Å². The van der Waals surface area contributed by atoms with Crippen LogP contribution in [0.25, 0.3) is 10.2 Å². The average molecular weight is 384 g/mol. The lowest BCUT2D eigenvalue weighted by atomic mass is 10.1. The Balaban J connectivity index is 1.76. The Kier molecular flexibility index (Phi) is 4.93. The van der Waals surface area contributed by atoms with Gasteiger partial charge in [0.1, 0.15) is 5.82 Å². The van der Waals surface area contributed by atoms with Crippen molar-refractivity contribution in [3.63, 3.8) is 0 Å². The second-order valence-corrected chi connectivity index (χ2v) is 7.93. The van der Waals surface area contributed by atoms with E-state index < -0.39 is 5.82 Å². The number of ether oxygens (including phenoxy) is 1. The van der Waals surface area contributed by atoms with Gasteiger partial charge in [0.15, 0.2) is 5.13 Å². The van der Waals surface area contributed by atoms with Crippen LogP contribution < -0.4 is 4.90 Å². The van der Waals surface area contributed by atoms with Gasteiger partial charge in [-0.05, 0) is 56.0 Å². The normalized spacial score (nSPS) is 16.8. The van der Waals surface area contributed by atoms with Gasteiger partial charge in [0.25, 0.3) is 5.91 Å². The molecule has 140 valence electrons. The molecule has 6 heteroatoms. The molecule has 2 aromatic carbocycles. The number of aryl methyl sites for hydroxylation is 2. The van der Waals surface area contributed by atoms with E-state index in [2.05, 4.69) is 6.07 Å². The van der Waals surface area contributed by atoms with Crippen molar-refractivity contribution < 1.29 is 13.9 Å². The monoisotopic (exact) mass is 384 g/mol. The molecule has 1 amide bonds. The fourth-order valence-corrected chi connectivity index (χ4v) is 4.52. The van der Waals surface area contributed by atoms with Gasteiger partial charge in [-0.1, -0.05) is 29.5 Å². The van der Waals surface area contributed by atoms with Crippen LogP contribution in [0, 0.1) is 19.7 Å². The number of anilines is 1. The number of aromatic nitrogens is 1. The third-order valence-electron chi connectivity index (χ3n) is 4.80. The minimum Gasteiger partial charge on any atom is -0.376 e. The first-order valence-electron chi connectivity index (χ1n) is 9.08. The number of halogens is 1. The van der Waals surface area contributed by atoms with Crippen molar-refractivity contribution >= 4 is 32.6 Å². The highest BCUT2D eigenvalue weighted by molar-refractivity contribution is 7.22. The molecule has 0 radical (unpaired) electrons. The largest absolute Gasteiger partial charge is 0.376 e. The summed E-state index contributed by atoms with van der Waals surface area (Å²) in [7, 11) is 0. The zero-order valence-corrected chi connectivity index (χ0v) is 16.2. The molecule has 4 rings (SSSR count). The Labute approximate surface area is 161 Å². The van der Waals surface area contributed by atoms with Crippen LogP contribution in [0.2, 0.25) is 0 Å². The number of fused-ring (bicyclic) bond motifs is 1. The van der Waals surface area contributed by atoms with Crippen molar-refractivity contribution in [3.8, 4) is 0 Å². The summed E-state index contributed by atoms with van der Waals surface area (Å²) in [6.45, 7) is 5.15. The van der Waals surface area contributed by atoms with Crippen LogP contribution in [0.1, 0.15) is 34.3 Å². The van der Waals surface area contributed by atoms with Gasteiger partial charge in [-0.2, -0.15) is 0 Å². The van der Waals surface area contributed by atoms with E-state index in [1.807, 2.05) is 19.9 Å². The molecule has 1 aliphatic rings. The van der Waals surface area contributed by atoms with Crippen molar-refractivity contribution in [2.45, 2.75) is 32.8 Å². The summed E-state index contributed by atoms with van der Waals surface area (Å²) in [5.41, 5.74) is 3.18. The number of hydrogen-bond donors (Lipinski definition) is 0. The maximum absolute atomic E-state index is 14.3. The first-order valence-corrected chi connectivity index (χ1v) is 9.90. The molecule has 1 saturated heterocycles. The van der Waals surface area contributed by atoms with Crippen LogP contribution in [-0.2, 0) is 4.74 Å². The minimum atomic E-state index is -0.520. The van der Waals surface area contributed by atoms with Gasteiger partial charge < -0.3 is 4.74 Å². The molecule has 3 aromatic rings. The Morgan fingerprint density at radius 2 is 2.15 bits per heavy atom. The number of carbonyl (C=O) groups excluding carboxylic acids is 1. The van der Waals surface area contributed by atoms with Gasteiger partial charge in [-0.25, -0.2) is 9.37 Å². The molecule has 2 heterocycles. The summed E-state index contributed by atoms with van der Waals surface area (Å²) in [6, 6.07) is 10.2. The predicted octanol–water partition coefficient (Wildman–Crippen LogP) is 4.88. The van der Waals surface area contributed by atoms with Crippen LogP contribution in [0.15, 0.2) is 36.4 Å². The van der Waals surface area contributed by atoms with E-state index in [4.69, 9.17) is 9.72 Å². The Morgan fingerprint density at radius 1 is 1.33 bits per heavy atom. The molecule has 0 aliphatic carbocycles. The summed E-state index contributed by atoms with van der Waals surface area (Å²) < 4.78 is 21.0. The minimum absolute atomic E-state index is 0.0458. The number of hydrogen-bond acceptors (Lipinski definition) is 4. The molecule has 1 fully saturated rings. The Morgan fingerprint density at radius 3 is 2.89 bits per heavy atom. The molecule has 0 saturated carbocycles. The number of thiazole rings is 1. The molecular weight excluding hydrogens is 363 g/mol. The quantitative estimate of drug-likeness (QED) is 0.644. The molecule has 4 nitrogen and oxygen atoms in total. The molecule has 27 heavy (non-hydrogen) atoms. The summed E-state index contributed by atoms with van der Waals surface area (Å²) in [6.07, 6.45) is 1.82. The SMILES string of the molecule is Cc1cc(C)c2sc(N(CC3CCCO3)C(=O)c3ccccc3F)nc2c1. The first kappa shape index (κ1) is 18.1. The summed E-state index contributed by atoms with van der Waals surface area (Å²) in [4.78, 5) is 19.5. The second-order valence-electron chi connectivity index (χ2n) is 6.96. The van der Waals surface area contributed by atoms with Crippen molar-refractivity contribution in [1.82, 2.24) is 4.98 Å². The van der Waals surface area contributed by atoms with Gasteiger partial charge in [-0.3, -0.25) is 9.69 Å². The van der Waals surface area contributed by atoms with E-state index in [1.54, 1.807) is 17.0 Å². The van der Waals surface area contributed by atoms with Gasteiger partial charge >= 0.3 is 0 Å². The van der Waals surface area contributed by atoms with E-state index >= 15 is 0 Å². The molecule has 1 atom stereocenters. The predicted molar refractivity (Wildman–Crippen MR) is 106 cm³/mol. The molecule has 1 aromatic heterocycles. The van der Waals surface area contributed by atoms with Gasteiger partial charge in [-0.15, -0.1) is 0 Å². The smallest absolute Gasteiger partial charge is 0.263 e. The lowest BCUT2D eigenvalue weighted by Crippen LogP contribution is -2.37. The third kappa shape index (κ3) is 3.59. The number of nitrogens with zero attached hydrogens (tertiary/aromatic N) is 2. The lowest BCUT2D eigenvalue weighted by molar-refractivity contribution is 0.0914. The van der Waals surface area contributed by atoms with Gasteiger partial charge in [0, 0.05) is 6.61 Å². The fraction of sp³-hybridized carbons (Fsp3) is 0.333. The van der Waals surface area contributed by atoms with E-state index in [0.29, 0.717) is 18.3 Å². The highest BCUT2D eigenvalue weighted by atomic mass is 32.1. The lowest BCUT2D eigenvalue weighted by Gasteiger charge is -2.23. The van der Waals surface area contributed by atoms with Crippen molar-refractivity contribution in [3.05, 3.63) is 58.9 Å². The third-order valence-corrected chi connectivity index (χ3v) is 6.03. The molecular formula is C21H21FN2O2S. The van der Waals surface area contributed by atoms with Crippen molar-refractivity contribution in [2.75, 3.05) is 18.1 Å². The number of carbonyl (C=O) groups is 1. The standard InChI is InChI=1S/C21H21FN2O2S/c1-13-10-14(2)19-18(11-13)23-21(27-19)24(12-15-6-5-9-26-15)20(25)16-7-3-4-8-17(16)22/h3-4,7-8,10-11,15H,5-6,9,12H2,1-2H3. The zero-order chi connectivity index (χ0) is 19.0. The van der Waals surface area contributed by atoms with E-state index in [1.165, 1.54) is 23.5 Å². The molecule has 1 unspecified atom stereocenters. The van der Waals surface area contributed by atoms with Crippen LogP contribution in [0.4, 0.5) is 9.52 Å². The zero-order valence-electron chi connectivity index (χ0n) is 15.4. The maximum atomic E-state index is 14.3. The molecule has 1 aliphatic heterocycles. The van der Waals surface area contributed by atoms with Crippen molar-refractivity contribution in [1.29, 1.82) is 0 Å². The second kappa shape index (κ2) is 7.37. The highest BCUT2D eigenvalue weighted by Gasteiger charge is 2.28. The average Bonchev–Trinajstić information content (AvgIpc) is 3.29. The van der Waals surface area contributed by atoms with Crippen LogP contribution in [0.5, 0.6) is 0 Å². The summed E-state index contributed by atoms with van der Waals surface area (Å²) in [5.74, 6) is -0.898. The molecule has 0 bridgehead atoms. The molecule has 0 N–H and O–H groups in total. The van der Waals surface area contributed by atoms with E-state index in [9.17, 15) is 9.18 Å². The van der Waals surface area contributed by atoms with Crippen LogP contribution in [0.3, 0.4) is 0 Å². The summed E-state index contributed by atoms with van der Waals surface area (Å²) >= 11 is 1.47. The topological polar surface area (TPSA) is 42.4 Å². The van der Waals surface area contributed by atoms with Crippen molar-refractivity contribution in [2.24, 2.45) is 0 Å². The summed E-state index contributed by atoms with van der Waals surface area (Å²) in [5, 5.41) is 0.586.